The molecule has 0 aliphatic heterocycles. The number of ether oxygens (including phenoxy) is 1. The third kappa shape index (κ3) is 6.65. The Labute approximate surface area is 166 Å². The Morgan fingerprint density at radius 3 is 1.77 bits per heavy atom. The van der Waals surface area contributed by atoms with Crippen molar-refractivity contribution >= 4 is 17.4 Å². The minimum absolute atomic E-state index is 0.146. The van der Waals surface area contributed by atoms with Crippen molar-refractivity contribution in [2.24, 2.45) is 0 Å². The predicted molar refractivity (Wildman–Crippen MR) is 87.1 cm³/mol. The van der Waals surface area contributed by atoms with Crippen LogP contribution in [0.25, 0.3) is 0 Å². The van der Waals surface area contributed by atoms with E-state index in [1.807, 2.05) is 5.32 Å². The summed E-state index contributed by atoms with van der Waals surface area (Å²) in [5, 5.41) is 3.68. The van der Waals surface area contributed by atoms with E-state index in [0.717, 1.165) is 18.2 Å². The lowest BCUT2D eigenvalue weighted by atomic mass is 10.1. The zero-order valence-electron chi connectivity index (χ0n) is 14.7. The number of benzene rings is 2. The number of urea groups is 1. The van der Waals surface area contributed by atoms with Crippen LogP contribution in [0.3, 0.4) is 0 Å². The first-order valence-corrected chi connectivity index (χ1v) is 7.90. The molecular formula is C17H10F10N2O2. The van der Waals surface area contributed by atoms with Crippen molar-refractivity contribution in [1.82, 2.24) is 0 Å². The first kappa shape index (κ1) is 24.1. The number of carbonyl (C=O) groups excluding carboxylic acids is 1. The van der Waals surface area contributed by atoms with Gasteiger partial charge in [0.15, 0.2) is 0 Å². The molecule has 2 aromatic carbocycles. The van der Waals surface area contributed by atoms with Crippen molar-refractivity contribution in [1.29, 1.82) is 0 Å². The van der Waals surface area contributed by atoms with Crippen LogP contribution in [0.4, 0.5) is 60.1 Å². The van der Waals surface area contributed by atoms with Gasteiger partial charge in [0.1, 0.15) is 5.75 Å². The number of alkyl halides is 10. The van der Waals surface area contributed by atoms with Crippen LogP contribution in [-0.2, 0) is 12.4 Å². The quantitative estimate of drug-likeness (QED) is 0.490. The zero-order chi connectivity index (χ0) is 23.6. The average molecular weight is 464 g/mol. The van der Waals surface area contributed by atoms with E-state index in [0.29, 0.717) is 6.07 Å². The maximum atomic E-state index is 12.9. The second kappa shape index (κ2) is 8.51. The molecule has 0 heterocycles. The third-order valence-electron chi connectivity index (χ3n) is 3.45. The zero-order valence-corrected chi connectivity index (χ0v) is 14.7. The minimum Gasteiger partial charge on any atom is -0.428 e. The van der Waals surface area contributed by atoms with Crippen LogP contribution in [0.15, 0.2) is 42.5 Å². The van der Waals surface area contributed by atoms with E-state index >= 15 is 0 Å². The van der Waals surface area contributed by atoms with Crippen LogP contribution in [0, 0.1) is 0 Å². The molecule has 0 fully saturated rings. The van der Waals surface area contributed by atoms with Gasteiger partial charge in [-0.05, 0) is 30.3 Å². The summed E-state index contributed by atoms with van der Waals surface area (Å²) in [4.78, 5) is 11.9. The Hall–Kier alpha value is -3.19. The summed E-state index contributed by atoms with van der Waals surface area (Å²) in [5.74, 6) is -0.790. The molecule has 0 saturated heterocycles. The van der Waals surface area contributed by atoms with E-state index in [2.05, 4.69) is 4.74 Å². The van der Waals surface area contributed by atoms with Crippen molar-refractivity contribution in [2.45, 2.75) is 24.9 Å². The van der Waals surface area contributed by atoms with E-state index in [1.54, 1.807) is 5.32 Å². The summed E-state index contributed by atoms with van der Waals surface area (Å²) in [7, 11) is 0. The molecule has 31 heavy (non-hydrogen) atoms. The SMILES string of the molecule is O=C(Nc1cccc(OC(F)(F)C(F)F)c1)Nc1cc(C(F)(F)F)cc(C(F)(F)F)c1. The number of amides is 2. The van der Waals surface area contributed by atoms with Gasteiger partial charge in [-0.15, -0.1) is 0 Å². The monoisotopic (exact) mass is 464 g/mol. The lowest BCUT2D eigenvalue weighted by Gasteiger charge is -2.17. The van der Waals surface area contributed by atoms with Gasteiger partial charge in [0.2, 0.25) is 0 Å². The van der Waals surface area contributed by atoms with Gasteiger partial charge in [0, 0.05) is 17.4 Å². The van der Waals surface area contributed by atoms with Gasteiger partial charge >= 0.3 is 30.9 Å². The summed E-state index contributed by atoms with van der Waals surface area (Å²) in [5.41, 5.74) is -4.55. The van der Waals surface area contributed by atoms with E-state index in [4.69, 9.17) is 0 Å². The lowest BCUT2D eigenvalue weighted by molar-refractivity contribution is -0.253. The third-order valence-corrected chi connectivity index (χ3v) is 3.45. The summed E-state index contributed by atoms with van der Waals surface area (Å²) < 4.78 is 131. The molecule has 2 aromatic rings. The molecule has 2 amide bonds. The van der Waals surface area contributed by atoms with Crippen LogP contribution < -0.4 is 15.4 Å². The van der Waals surface area contributed by atoms with Crippen LogP contribution in [-0.4, -0.2) is 18.6 Å². The summed E-state index contributed by atoms with van der Waals surface area (Å²) in [6.45, 7) is 0. The van der Waals surface area contributed by atoms with Crippen molar-refractivity contribution < 1.29 is 53.4 Å². The van der Waals surface area contributed by atoms with Gasteiger partial charge in [-0.2, -0.15) is 43.9 Å². The molecular weight excluding hydrogens is 454 g/mol. The molecule has 0 bridgehead atoms. The molecule has 14 heteroatoms. The number of anilines is 2. The van der Waals surface area contributed by atoms with Crippen molar-refractivity contribution in [3.05, 3.63) is 53.6 Å². The predicted octanol–water partition coefficient (Wildman–Crippen LogP) is 6.60. The van der Waals surface area contributed by atoms with E-state index in [1.165, 1.54) is 0 Å². The maximum absolute atomic E-state index is 12.9. The van der Waals surface area contributed by atoms with E-state index in [-0.39, 0.29) is 23.9 Å². The molecule has 2 rings (SSSR count). The molecule has 170 valence electrons. The first-order valence-electron chi connectivity index (χ1n) is 7.90. The fourth-order valence-corrected chi connectivity index (χ4v) is 2.16. The summed E-state index contributed by atoms with van der Waals surface area (Å²) in [6, 6.07) is 2.62. The Morgan fingerprint density at radius 2 is 1.29 bits per heavy atom. The summed E-state index contributed by atoms with van der Waals surface area (Å²) >= 11 is 0. The van der Waals surface area contributed by atoms with Crippen LogP contribution in [0.5, 0.6) is 5.75 Å². The molecule has 0 saturated carbocycles. The number of nitrogens with one attached hydrogen (secondary N) is 2. The van der Waals surface area contributed by atoms with Gasteiger partial charge in [-0.1, -0.05) is 6.07 Å². The first-order chi connectivity index (χ1) is 14.1. The standard InChI is InChI=1S/C17H10F10N2O2/c18-13(19)17(26,27)31-12-3-1-2-10(7-12)28-14(30)29-11-5-8(15(20,21)22)4-9(6-11)16(23,24)25/h1-7,13H,(H2,28,29,30). The topological polar surface area (TPSA) is 50.4 Å². The average Bonchev–Trinajstić information content (AvgIpc) is 2.59. The highest BCUT2D eigenvalue weighted by Crippen LogP contribution is 2.37. The Morgan fingerprint density at radius 1 is 0.774 bits per heavy atom. The number of hydrogen-bond donors (Lipinski definition) is 2. The molecule has 0 aromatic heterocycles. The molecule has 0 atom stereocenters. The highest BCUT2D eigenvalue weighted by atomic mass is 19.4. The molecule has 0 spiro atoms. The molecule has 0 unspecified atom stereocenters. The second-order valence-corrected chi connectivity index (χ2v) is 5.87. The number of halogens is 10. The Kier molecular flexibility index (Phi) is 6.61. The van der Waals surface area contributed by atoms with Gasteiger partial charge in [0.25, 0.3) is 0 Å². The molecule has 0 aliphatic rings. The Bertz CT molecular complexity index is 909. The van der Waals surface area contributed by atoms with Crippen LogP contribution >= 0.6 is 0 Å². The highest BCUT2D eigenvalue weighted by Gasteiger charge is 2.44. The number of hydrogen-bond acceptors (Lipinski definition) is 2. The maximum Gasteiger partial charge on any atom is 0.461 e. The second-order valence-electron chi connectivity index (χ2n) is 5.87. The van der Waals surface area contributed by atoms with Gasteiger partial charge in [-0.25, -0.2) is 4.79 Å². The van der Waals surface area contributed by atoms with E-state index < -0.39 is 53.5 Å². The van der Waals surface area contributed by atoms with Gasteiger partial charge < -0.3 is 15.4 Å². The van der Waals surface area contributed by atoms with E-state index in [9.17, 15) is 48.7 Å². The molecule has 4 nitrogen and oxygen atoms in total. The van der Waals surface area contributed by atoms with Crippen molar-refractivity contribution in [2.75, 3.05) is 10.6 Å². The van der Waals surface area contributed by atoms with Gasteiger partial charge in [0.05, 0.1) is 11.1 Å². The summed E-state index contributed by atoms with van der Waals surface area (Å²) in [6.07, 6.45) is -19.3. The Balaban J connectivity index is 2.20. The van der Waals surface area contributed by atoms with Crippen molar-refractivity contribution in [3.63, 3.8) is 0 Å². The highest BCUT2D eigenvalue weighted by molar-refractivity contribution is 6.00. The smallest absolute Gasteiger partial charge is 0.428 e. The molecule has 0 aliphatic carbocycles. The fourth-order valence-electron chi connectivity index (χ4n) is 2.16. The fraction of sp³-hybridized carbons (Fsp3) is 0.235. The number of rotatable bonds is 5. The molecule has 0 radical (unpaired) electrons. The number of carbonyl (C=O) groups is 1. The van der Waals surface area contributed by atoms with Crippen molar-refractivity contribution in [3.8, 4) is 5.75 Å². The largest absolute Gasteiger partial charge is 0.461 e. The molecule has 2 N–H and O–H groups in total. The van der Waals surface area contributed by atoms with Crippen LogP contribution in [0.2, 0.25) is 0 Å². The minimum atomic E-state index is -5.14. The van der Waals surface area contributed by atoms with Crippen LogP contribution in [0.1, 0.15) is 11.1 Å². The lowest BCUT2D eigenvalue weighted by Crippen LogP contribution is -2.33. The van der Waals surface area contributed by atoms with Gasteiger partial charge in [-0.3, -0.25) is 0 Å². The normalized spacial score (nSPS) is 12.6.